The molecule has 19 heavy (non-hydrogen) atoms. The van der Waals surface area contributed by atoms with Crippen LogP contribution in [0.4, 0.5) is 4.39 Å². The zero-order valence-electron chi connectivity index (χ0n) is 10.5. The lowest BCUT2D eigenvalue weighted by molar-refractivity contribution is 0.112. The summed E-state index contributed by atoms with van der Waals surface area (Å²) in [5, 5.41) is 0. The zero-order valence-corrected chi connectivity index (χ0v) is 10.5. The molecule has 0 fully saturated rings. The van der Waals surface area contributed by atoms with E-state index < -0.39 is 5.82 Å². The first-order valence-electron chi connectivity index (χ1n) is 5.52. The average Bonchev–Trinajstić information content (AvgIpc) is 2.47. The first-order valence-corrected chi connectivity index (χ1v) is 5.52. The van der Waals surface area contributed by atoms with Crippen molar-refractivity contribution >= 4 is 6.29 Å². The van der Waals surface area contributed by atoms with Crippen LogP contribution in [-0.2, 0) is 0 Å². The predicted molar refractivity (Wildman–Crippen MR) is 68.1 cm³/mol. The quantitative estimate of drug-likeness (QED) is 0.794. The minimum Gasteiger partial charge on any atom is -0.496 e. The van der Waals surface area contributed by atoms with E-state index in [4.69, 9.17) is 9.47 Å². The van der Waals surface area contributed by atoms with Crippen LogP contribution in [0.15, 0.2) is 30.5 Å². The molecule has 1 heterocycles. The molecular weight excluding hydrogens is 249 g/mol. The van der Waals surface area contributed by atoms with Crippen molar-refractivity contribution in [2.45, 2.75) is 0 Å². The molecule has 0 unspecified atom stereocenters. The van der Waals surface area contributed by atoms with Crippen LogP contribution in [0.3, 0.4) is 0 Å². The molecule has 0 atom stereocenters. The number of pyridine rings is 1. The molecule has 0 spiro atoms. The summed E-state index contributed by atoms with van der Waals surface area (Å²) in [6.07, 6.45) is 1.75. The summed E-state index contributed by atoms with van der Waals surface area (Å²) < 4.78 is 23.8. The molecule has 5 heteroatoms. The van der Waals surface area contributed by atoms with Crippen molar-refractivity contribution in [3.05, 3.63) is 41.8 Å². The van der Waals surface area contributed by atoms with E-state index >= 15 is 0 Å². The molecule has 2 aromatic rings. The van der Waals surface area contributed by atoms with E-state index in [0.717, 1.165) is 6.20 Å². The van der Waals surface area contributed by atoms with Gasteiger partial charge in [-0.25, -0.2) is 9.37 Å². The molecule has 2 rings (SSSR count). The standard InChI is InChI=1S/C14H12FNO3/c1-18-13-4-3-9(5-10(13)8-17)11-6-14(19-2)16-7-12(11)15/h3-8H,1-2H3. The number of hydrogen-bond donors (Lipinski definition) is 0. The Balaban J connectivity index is 2.55. The Labute approximate surface area is 109 Å². The van der Waals surface area contributed by atoms with Crippen molar-refractivity contribution in [3.63, 3.8) is 0 Å². The van der Waals surface area contributed by atoms with E-state index in [9.17, 15) is 9.18 Å². The van der Waals surface area contributed by atoms with Crippen LogP contribution in [-0.4, -0.2) is 25.5 Å². The number of aromatic nitrogens is 1. The number of carbonyl (C=O) groups excluding carboxylic acids is 1. The highest BCUT2D eigenvalue weighted by Gasteiger charge is 2.10. The van der Waals surface area contributed by atoms with Crippen LogP contribution in [0.25, 0.3) is 11.1 Å². The van der Waals surface area contributed by atoms with Gasteiger partial charge in [-0.05, 0) is 17.7 Å². The lowest BCUT2D eigenvalue weighted by Gasteiger charge is -2.08. The van der Waals surface area contributed by atoms with Gasteiger partial charge in [-0.15, -0.1) is 0 Å². The third-order valence-electron chi connectivity index (χ3n) is 2.71. The molecule has 0 aliphatic carbocycles. The predicted octanol–water partition coefficient (Wildman–Crippen LogP) is 2.72. The molecule has 98 valence electrons. The molecule has 0 amide bonds. The fraction of sp³-hybridized carbons (Fsp3) is 0.143. The zero-order chi connectivity index (χ0) is 13.8. The molecule has 0 saturated heterocycles. The maximum atomic E-state index is 13.8. The number of nitrogens with zero attached hydrogens (tertiary/aromatic N) is 1. The first kappa shape index (κ1) is 13.0. The number of methoxy groups -OCH3 is 2. The van der Waals surface area contributed by atoms with E-state index in [2.05, 4.69) is 4.98 Å². The van der Waals surface area contributed by atoms with Crippen molar-refractivity contribution in [3.8, 4) is 22.8 Å². The Kier molecular flexibility index (Phi) is 3.75. The summed E-state index contributed by atoms with van der Waals surface area (Å²) in [5.41, 5.74) is 1.23. The number of hydrogen-bond acceptors (Lipinski definition) is 4. The maximum absolute atomic E-state index is 13.8. The van der Waals surface area contributed by atoms with Crippen molar-refractivity contribution in [1.82, 2.24) is 4.98 Å². The molecule has 0 radical (unpaired) electrons. The van der Waals surface area contributed by atoms with Gasteiger partial charge in [-0.3, -0.25) is 4.79 Å². The van der Waals surface area contributed by atoms with Gasteiger partial charge in [0.15, 0.2) is 6.29 Å². The highest BCUT2D eigenvalue weighted by Crippen LogP contribution is 2.29. The van der Waals surface area contributed by atoms with Crippen LogP contribution in [0.1, 0.15) is 10.4 Å². The molecular formula is C14H12FNO3. The summed E-state index contributed by atoms with van der Waals surface area (Å²) in [4.78, 5) is 14.7. The largest absolute Gasteiger partial charge is 0.496 e. The third kappa shape index (κ3) is 2.54. The summed E-state index contributed by atoms with van der Waals surface area (Å²) in [6, 6.07) is 6.32. The first-order chi connectivity index (χ1) is 9.19. The van der Waals surface area contributed by atoms with Gasteiger partial charge in [-0.2, -0.15) is 0 Å². The molecule has 0 N–H and O–H groups in total. The Hall–Kier alpha value is -2.43. The van der Waals surface area contributed by atoms with E-state index in [0.29, 0.717) is 34.6 Å². The van der Waals surface area contributed by atoms with E-state index in [-0.39, 0.29) is 0 Å². The van der Waals surface area contributed by atoms with Gasteiger partial charge in [0, 0.05) is 11.6 Å². The third-order valence-corrected chi connectivity index (χ3v) is 2.71. The Morgan fingerprint density at radius 2 is 2.00 bits per heavy atom. The second kappa shape index (κ2) is 5.48. The van der Waals surface area contributed by atoms with Crippen molar-refractivity contribution in [2.24, 2.45) is 0 Å². The normalized spacial score (nSPS) is 10.1. The maximum Gasteiger partial charge on any atom is 0.213 e. The summed E-state index contributed by atoms with van der Waals surface area (Å²) in [7, 11) is 2.92. The van der Waals surface area contributed by atoms with E-state index in [1.165, 1.54) is 20.3 Å². The van der Waals surface area contributed by atoms with Crippen LogP contribution in [0.2, 0.25) is 0 Å². The highest BCUT2D eigenvalue weighted by atomic mass is 19.1. The summed E-state index contributed by atoms with van der Waals surface area (Å²) in [6.45, 7) is 0. The second-order valence-electron chi connectivity index (χ2n) is 3.78. The Morgan fingerprint density at radius 1 is 1.21 bits per heavy atom. The summed E-state index contributed by atoms with van der Waals surface area (Å²) >= 11 is 0. The smallest absolute Gasteiger partial charge is 0.213 e. The molecule has 4 nitrogen and oxygen atoms in total. The van der Waals surface area contributed by atoms with Gasteiger partial charge in [-0.1, -0.05) is 6.07 Å². The van der Waals surface area contributed by atoms with Crippen LogP contribution in [0.5, 0.6) is 11.6 Å². The Bertz CT molecular complexity index is 614. The Morgan fingerprint density at radius 3 is 2.63 bits per heavy atom. The lowest BCUT2D eigenvalue weighted by Crippen LogP contribution is -1.94. The molecule has 0 saturated carbocycles. The molecule has 0 aliphatic heterocycles. The minimum atomic E-state index is -0.484. The molecule has 1 aromatic carbocycles. The van der Waals surface area contributed by atoms with Gasteiger partial charge in [0.1, 0.15) is 11.6 Å². The second-order valence-corrected chi connectivity index (χ2v) is 3.78. The average molecular weight is 261 g/mol. The van der Waals surface area contributed by atoms with Gasteiger partial charge in [0.05, 0.1) is 26.0 Å². The van der Waals surface area contributed by atoms with Gasteiger partial charge >= 0.3 is 0 Å². The number of aldehydes is 1. The van der Waals surface area contributed by atoms with Crippen molar-refractivity contribution in [2.75, 3.05) is 14.2 Å². The molecule has 1 aromatic heterocycles. The monoisotopic (exact) mass is 261 g/mol. The van der Waals surface area contributed by atoms with Crippen LogP contribution >= 0.6 is 0 Å². The summed E-state index contributed by atoms with van der Waals surface area (Å²) in [5.74, 6) is 0.267. The van der Waals surface area contributed by atoms with Gasteiger partial charge in [0.25, 0.3) is 0 Å². The molecule has 0 aliphatic rings. The number of rotatable bonds is 4. The van der Waals surface area contributed by atoms with E-state index in [1.54, 1.807) is 18.2 Å². The SMILES string of the molecule is COc1cc(-c2ccc(OC)c(C=O)c2)c(F)cn1. The lowest BCUT2D eigenvalue weighted by atomic mass is 10.0. The fourth-order valence-electron chi connectivity index (χ4n) is 1.75. The van der Waals surface area contributed by atoms with E-state index in [1.807, 2.05) is 0 Å². The number of halogens is 1. The number of benzene rings is 1. The van der Waals surface area contributed by atoms with Crippen molar-refractivity contribution in [1.29, 1.82) is 0 Å². The fourth-order valence-corrected chi connectivity index (χ4v) is 1.75. The highest BCUT2D eigenvalue weighted by molar-refractivity contribution is 5.83. The topological polar surface area (TPSA) is 48.4 Å². The van der Waals surface area contributed by atoms with Crippen molar-refractivity contribution < 1.29 is 18.7 Å². The van der Waals surface area contributed by atoms with Gasteiger partial charge in [0.2, 0.25) is 5.88 Å². The van der Waals surface area contributed by atoms with Gasteiger partial charge < -0.3 is 9.47 Å². The van der Waals surface area contributed by atoms with Crippen LogP contribution in [0, 0.1) is 5.82 Å². The minimum absolute atomic E-state index is 0.305. The molecule has 0 bridgehead atoms. The number of ether oxygens (including phenoxy) is 2. The number of carbonyl (C=O) groups is 1. The van der Waals surface area contributed by atoms with Crippen LogP contribution < -0.4 is 9.47 Å².